The highest BCUT2D eigenvalue weighted by Gasteiger charge is 2.47. The third-order valence-corrected chi connectivity index (χ3v) is 6.19. The fourth-order valence-electron chi connectivity index (χ4n) is 4.27. The molecule has 1 heterocycles. The molecule has 0 saturated heterocycles. The van der Waals surface area contributed by atoms with E-state index in [1.165, 1.54) is 0 Å². The summed E-state index contributed by atoms with van der Waals surface area (Å²) in [7, 11) is 0. The van der Waals surface area contributed by atoms with Crippen LogP contribution in [0.3, 0.4) is 0 Å². The third kappa shape index (κ3) is 4.51. The van der Waals surface area contributed by atoms with Gasteiger partial charge in [0.15, 0.2) is 0 Å². The van der Waals surface area contributed by atoms with Crippen LogP contribution in [0.4, 0.5) is 0 Å². The Balaban J connectivity index is 1.97. The van der Waals surface area contributed by atoms with Crippen molar-refractivity contribution in [2.45, 2.75) is 51.9 Å². The number of hydrogen-bond acceptors (Lipinski definition) is 4. The molecule has 3 rings (SSSR count). The van der Waals surface area contributed by atoms with Crippen LogP contribution >= 0.6 is 0 Å². The average molecular weight is 418 g/mol. The number of carboxylic acids is 1. The Bertz CT molecular complexity index is 1040. The number of aliphatic carboxylic acids is 1. The van der Waals surface area contributed by atoms with E-state index >= 15 is 0 Å². The average Bonchev–Trinajstić information content (AvgIpc) is 2.74. The van der Waals surface area contributed by atoms with E-state index in [0.29, 0.717) is 36.1 Å². The van der Waals surface area contributed by atoms with Gasteiger partial charge in [0.25, 0.3) is 0 Å². The van der Waals surface area contributed by atoms with Crippen molar-refractivity contribution < 1.29 is 14.7 Å². The number of pyridine rings is 1. The number of carboxylic acid groups (broad SMARTS) is 1. The van der Waals surface area contributed by atoms with Crippen LogP contribution in [0.5, 0.6) is 0 Å². The smallest absolute Gasteiger partial charge is 0.331 e. The highest BCUT2D eigenvalue weighted by molar-refractivity contribution is 5.93. The van der Waals surface area contributed by atoms with Gasteiger partial charge in [0.05, 0.1) is 22.7 Å². The zero-order valence-electron chi connectivity index (χ0n) is 17.7. The molecule has 1 aromatic heterocycles. The van der Waals surface area contributed by atoms with Gasteiger partial charge in [-0.15, -0.1) is 0 Å². The number of nitrogens with zero attached hydrogens (tertiary/aromatic N) is 2. The Kier molecular flexibility index (Phi) is 6.86. The van der Waals surface area contributed by atoms with Gasteiger partial charge in [-0.25, -0.2) is 4.79 Å². The topological polar surface area (TPSA) is 117 Å². The summed E-state index contributed by atoms with van der Waals surface area (Å²) in [4.78, 5) is 29.0. The Labute approximate surface area is 182 Å². The summed E-state index contributed by atoms with van der Waals surface area (Å²) in [5.41, 5.74) is 8.50. The minimum absolute atomic E-state index is 0.177. The first-order chi connectivity index (χ1) is 14.9. The molecule has 1 saturated carbocycles. The Morgan fingerprint density at radius 2 is 1.97 bits per heavy atom. The summed E-state index contributed by atoms with van der Waals surface area (Å²) in [6.45, 7) is 2.04. The molecule has 31 heavy (non-hydrogen) atoms. The fourth-order valence-corrected chi connectivity index (χ4v) is 4.27. The third-order valence-electron chi connectivity index (χ3n) is 6.19. The van der Waals surface area contributed by atoms with Crippen LogP contribution < -0.4 is 5.73 Å². The van der Waals surface area contributed by atoms with Crippen molar-refractivity contribution in [2.24, 2.45) is 11.1 Å². The van der Waals surface area contributed by atoms with Gasteiger partial charge < -0.3 is 10.8 Å². The van der Waals surface area contributed by atoms with Crippen LogP contribution in [0.25, 0.3) is 11.3 Å². The van der Waals surface area contributed by atoms with Gasteiger partial charge in [-0.3, -0.25) is 9.78 Å². The van der Waals surface area contributed by atoms with Gasteiger partial charge in [-0.05, 0) is 49.0 Å². The molecule has 6 nitrogen and oxygen atoms in total. The van der Waals surface area contributed by atoms with E-state index in [0.717, 1.165) is 30.4 Å². The number of unbranched alkanes of at least 4 members (excludes halogenated alkanes) is 1. The lowest BCUT2D eigenvalue weighted by Gasteiger charge is -2.42. The number of aromatic nitrogens is 1. The number of nitriles is 1. The highest BCUT2D eigenvalue weighted by Crippen LogP contribution is 2.50. The maximum atomic E-state index is 12.3. The summed E-state index contributed by atoms with van der Waals surface area (Å²) in [6, 6.07) is 13.0. The van der Waals surface area contributed by atoms with Gasteiger partial charge >= 0.3 is 5.97 Å². The van der Waals surface area contributed by atoms with E-state index < -0.39 is 17.3 Å². The lowest BCUT2D eigenvalue weighted by atomic mass is 9.61. The second-order valence-corrected chi connectivity index (χ2v) is 8.05. The number of primary amides is 1. The monoisotopic (exact) mass is 417 g/mol. The van der Waals surface area contributed by atoms with Crippen molar-refractivity contribution in [2.75, 3.05) is 0 Å². The first-order valence-electron chi connectivity index (χ1n) is 10.6. The number of rotatable bonds is 9. The van der Waals surface area contributed by atoms with Crippen LogP contribution in [0.2, 0.25) is 0 Å². The molecule has 3 N–H and O–H groups in total. The minimum Gasteiger partial charge on any atom is -0.478 e. The maximum absolute atomic E-state index is 12.3. The summed E-state index contributed by atoms with van der Waals surface area (Å²) in [5.74, 6) is -1.44. The predicted octanol–water partition coefficient (Wildman–Crippen LogP) is 4.39. The van der Waals surface area contributed by atoms with Crippen LogP contribution in [0.1, 0.15) is 56.6 Å². The maximum Gasteiger partial charge on any atom is 0.331 e. The number of carbonyl (C=O) groups excluding carboxylic acids is 1. The lowest BCUT2D eigenvalue weighted by Crippen LogP contribution is -2.45. The zero-order valence-corrected chi connectivity index (χ0v) is 17.7. The highest BCUT2D eigenvalue weighted by atomic mass is 16.4. The number of nitrogens with two attached hydrogens (primary N) is 1. The first kappa shape index (κ1) is 22.2. The minimum atomic E-state index is -1.02. The molecule has 1 fully saturated rings. The second-order valence-electron chi connectivity index (χ2n) is 8.05. The summed E-state index contributed by atoms with van der Waals surface area (Å²) < 4.78 is 0. The summed E-state index contributed by atoms with van der Waals surface area (Å²) in [5, 5.41) is 19.3. The molecule has 1 aliphatic rings. The van der Waals surface area contributed by atoms with Gasteiger partial charge in [0.1, 0.15) is 0 Å². The van der Waals surface area contributed by atoms with Crippen molar-refractivity contribution in [1.29, 1.82) is 5.26 Å². The van der Waals surface area contributed by atoms with Gasteiger partial charge in [0.2, 0.25) is 5.91 Å². The number of amides is 1. The summed E-state index contributed by atoms with van der Waals surface area (Å²) in [6.07, 6.45) is 6.18. The molecular weight excluding hydrogens is 390 g/mol. The number of carbonyl (C=O) groups is 2. The first-order valence-corrected chi connectivity index (χ1v) is 10.6. The fraction of sp³-hybridized carbons (Fsp3) is 0.360. The van der Waals surface area contributed by atoms with Crippen molar-refractivity contribution >= 4 is 11.9 Å². The lowest BCUT2D eigenvalue weighted by molar-refractivity contribution is -0.133. The molecule has 1 amide bonds. The van der Waals surface area contributed by atoms with E-state index in [4.69, 9.17) is 5.73 Å². The quantitative estimate of drug-likeness (QED) is 0.587. The molecule has 1 aromatic carbocycles. The number of hydrogen-bond donors (Lipinski definition) is 2. The number of benzene rings is 1. The Morgan fingerprint density at radius 3 is 2.48 bits per heavy atom. The molecule has 0 bridgehead atoms. The molecule has 0 atom stereocenters. The largest absolute Gasteiger partial charge is 0.478 e. The molecule has 6 heteroatoms. The van der Waals surface area contributed by atoms with Crippen LogP contribution in [0, 0.1) is 16.7 Å². The van der Waals surface area contributed by atoms with Crippen molar-refractivity contribution in [1.82, 2.24) is 4.98 Å². The van der Waals surface area contributed by atoms with E-state index in [1.807, 2.05) is 25.1 Å². The van der Waals surface area contributed by atoms with Crippen molar-refractivity contribution in [3.8, 4) is 17.3 Å². The van der Waals surface area contributed by atoms with Crippen molar-refractivity contribution in [3.63, 3.8) is 0 Å². The zero-order chi connectivity index (χ0) is 22.4. The van der Waals surface area contributed by atoms with Crippen molar-refractivity contribution in [3.05, 3.63) is 64.9 Å². The molecule has 2 aromatic rings. The molecule has 0 unspecified atom stereocenters. The Morgan fingerprint density at radius 1 is 1.23 bits per heavy atom. The molecule has 0 aliphatic heterocycles. The van der Waals surface area contributed by atoms with E-state index in [1.54, 1.807) is 24.4 Å². The molecular formula is C25H27N3O3. The SMILES string of the molecule is CCCC/C(=C(/Cc1ccc(-c2ccccc2C#N)nc1)C(=O)O)C1(C(N)=O)CCC1. The Hall–Kier alpha value is -3.46. The standard InChI is InChI=1S/C25H27N3O3/c1-2-3-9-21(25(24(27)31)12-6-13-25)20(23(29)30)14-17-10-11-22(28-16-17)19-8-5-4-7-18(19)15-26/h4-5,7-8,10-11,16H,2-3,6,9,12-14H2,1H3,(H2,27,31)(H,29,30)/b21-20+. The molecule has 1 aliphatic carbocycles. The van der Waals surface area contributed by atoms with Gasteiger partial charge in [0, 0.05) is 23.8 Å². The van der Waals surface area contributed by atoms with Gasteiger partial charge in [-0.1, -0.05) is 44.0 Å². The van der Waals surface area contributed by atoms with E-state index in [9.17, 15) is 20.0 Å². The van der Waals surface area contributed by atoms with Crippen LogP contribution in [-0.4, -0.2) is 22.0 Å². The molecule has 0 spiro atoms. The van der Waals surface area contributed by atoms with E-state index in [2.05, 4.69) is 11.1 Å². The molecule has 0 radical (unpaired) electrons. The van der Waals surface area contributed by atoms with Crippen LogP contribution in [0.15, 0.2) is 53.7 Å². The second kappa shape index (κ2) is 9.57. The van der Waals surface area contributed by atoms with Gasteiger partial charge in [-0.2, -0.15) is 5.26 Å². The predicted molar refractivity (Wildman–Crippen MR) is 118 cm³/mol. The van der Waals surface area contributed by atoms with Crippen LogP contribution in [-0.2, 0) is 16.0 Å². The normalized spacial score (nSPS) is 15.4. The summed E-state index contributed by atoms with van der Waals surface area (Å²) >= 11 is 0. The molecule has 160 valence electrons. The van der Waals surface area contributed by atoms with E-state index in [-0.39, 0.29) is 12.0 Å².